The van der Waals surface area contributed by atoms with Crippen LogP contribution in [0.3, 0.4) is 0 Å². The van der Waals surface area contributed by atoms with Gasteiger partial charge in [0.1, 0.15) is 0 Å². The molecule has 1 amide bonds. The van der Waals surface area contributed by atoms with Crippen LogP contribution in [0.4, 0.5) is 0 Å². The van der Waals surface area contributed by atoms with E-state index >= 15 is 0 Å². The van der Waals surface area contributed by atoms with Gasteiger partial charge in [0.25, 0.3) is 5.91 Å². The third kappa shape index (κ3) is 4.24. The van der Waals surface area contributed by atoms with E-state index in [2.05, 4.69) is 27.9 Å². The fourth-order valence-corrected chi connectivity index (χ4v) is 2.79. The van der Waals surface area contributed by atoms with Crippen LogP contribution < -0.4 is 19.5 Å². The molecule has 0 heterocycles. The number of rotatable bonds is 6. The molecule has 0 fully saturated rings. The van der Waals surface area contributed by atoms with Gasteiger partial charge in [-0.2, -0.15) is 0 Å². The first kappa shape index (κ1) is 18.7. The summed E-state index contributed by atoms with van der Waals surface area (Å²) in [5, 5.41) is 3.49. The molecule has 1 N–H and O–H groups in total. The van der Waals surface area contributed by atoms with Crippen molar-refractivity contribution in [3.8, 4) is 17.2 Å². The Kier molecular flexibility index (Phi) is 6.56. The quantitative estimate of drug-likeness (QED) is 0.663. The van der Waals surface area contributed by atoms with Gasteiger partial charge in [0.2, 0.25) is 5.75 Å². The molecule has 24 heavy (non-hydrogen) atoms. The Hall–Kier alpha value is -1.67. The lowest BCUT2D eigenvalue weighted by molar-refractivity contribution is 0.0950. The summed E-state index contributed by atoms with van der Waals surface area (Å²) in [7, 11) is 4.65. The van der Waals surface area contributed by atoms with E-state index in [0.717, 1.165) is 9.13 Å². The highest BCUT2D eigenvalue weighted by Gasteiger charge is 2.14. The Bertz CT molecular complexity index is 726. The number of carbonyl (C=O) groups is 1. The number of carbonyl (C=O) groups excluding carboxylic acids is 1. The second-order valence-electron chi connectivity index (χ2n) is 4.85. The highest BCUT2D eigenvalue weighted by atomic mass is 127. The molecule has 0 aliphatic rings. The lowest BCUT2D eigenvalue weighted by atomic mass is 10.1. The minimum Gasteiger partial charge on any atom is -0.493 e. The summed E-state index contributed by atoms with van der Waals surface area (Å²) in [6.45, 7) is 0.328. The molecule has 0 aliphatic heterocycles. The molecule has 0 bridgehead atoms. The maximum Gasteiger partial charge on any atom is 0.251 e. The molecule has 0 spiro atoms. The number of benzene rings is 2. The standard InChI is InChI=1S/C17H17ClINO4/c1-22-14-6-10(7-15(23-2)16(14)24-3)9-20-17(21)11-4-5-12(18)13(19)8-11/h4-8H,9H2,1-3H3,(H,20,21). The summed E-state index contributed by atoms with van der Waals surface area (Å²) < 4.78 is 16.7. The SMILES string of the molecule is COc1cc(CNC(=O)c2ccc(Cl)c(I)c2)cc(OC)c1OC. The predicted octanol–water partition coefficient (Wildman–Crippen LogP) is 3.90. The molecule has 7 heteroatoms. The lowest BCUT2D eigenvalue weighted by Gasteiger charge is -2.14. The average molecular weight is 462 g/mol. The van der Waals surface area contributed by atoms with Crippen molar-refractivity contribution in [1.29, 1.82) is 0 Å². The number of halogens is 2. The van der Waals surface area contributed by atoms with Gasteiger partial charge in [0.05, 0.1) is 26.4 Å². The molecule has 0 saturated heterocycles. The van der Waals surface area contributed by atoms with Crippen molar-refractivity contribution in [1.82, 2.24) is 5.32 Å². The lowest BCUT2D eigenvalue weighted by Crippen LogP contribution is -2.23. The minimum atomic E-state index is -0.182. The number of amides is 1. The van der Waals surface area contributed by atoms with E-state index in [9.17, 15) is 4.79 Å². The van der Waals surface area contributed by atoms with Crippen molar-refractivity contribution in [3.05, 3.63) is 50.1 Å². The Balaban J connectivity index is 2.16. The van der Waals surface area contributed by atoms with Crippen LogP contribution in [0.15, 0.2) is 30.3 Å². The molecule has 0 aliphatic carbocycles. The van der Waals surface area contributed by atoms with Crippen LogP contribution in [0.2, 0.25) is 5.02 Å². The summed E-state index contributed by atoms with van der Waals surface area (Å²) in [5.41, 5.74) is 1.39. The van der Waals surface area contributed by atoms with Crippen molar-refractivity contribution in [2.75, 3.05) is 21.3 Å². The molecule has 0 unspecified atom stereocenters. The van der Waals surface area contributed by atoms with Crippen LogP contribution in [-0.2, 0) is 6.54 Å². The third-order valence-electron chi connectivity index (χ3n) is 3.36. The van der Waals surface area contributed by atoms with Crippen LogP contribution in [0, 0.1) is 3.57 Å². The summed E-state index contributed by atoms with van der Waals surface area (Å²) in [4.78, 5) is 12.3. The highest BCUT2D eigenvalue weighted by molar-refractivity contribution is 14.1. The molecule has 2 aromatic carbocycles. The van der Waals surface area contributed by atoms with Gasteiger partial charge in [-0.05, 0) is 58.5 Å². The fraction of sp³-hybridized carbons (Fsp3) is 0.235. The summed E-state index contributed by atoms with van der Waals surface area (Å²) in [6.07, 6.45) is 0. The monoisotopic (exact) mass is 461 g/mol. The second kappa shape index (κ2) is 8.43. The third-order valence-corrected chi connectivity index (χ3v) is 4.90. The van der Waals surface area contributed by atoms with Crippen molar-refractivity contribution in [2.45, 2.75) is 6.54 Å². The van der Waals surface area contributed by atoms with E-state index in [0.29, 0.717) is 34.4 Å². The van der Waals surface area contributed by atoms with Crippen molar-refractivity contribution in [3.63, 3.8) is 0 Å². The molecular weight excluding hydrogens is 445 g/mol. The second-order valence-corrected chi connectivity index (χ2v) is 6.41. The van der Waals surface area contributed by atoms with Gasteiger partial charge >= 0.3 is 0 Å². The summed E-state index contributed by atoms with van der Waals surface area (Å²) >= 11 is 8.07. The van der Waals surface area contributed by atoms with E-state index in [4.69, 9.17) is 25.8 Å². The Labute approximate surface area is 159 Å². The van der Waals surface area contributed by atoms with Gasteiger partial charge in [0, 0.05) is 15.7 Å². The number of methoxy groups -OCH3 is 3. The molecule has 2 rings (SSSR count). The first-order valence-corrected chi connectivity index (χ1v) is 8.48. The molecule has 128 valence electrons. The predicted molar refractivity (Wildman–Crippen MR) is 101 cm³/mol. The van der Waals surface area contributed by atoms with E-state index in [1.807, 2.05) is 0 Å². The molecule has 0 saturated carbocycles. The first-order chi connectivity index (χ1) is 11.5. The number of ether oxygens (including phenoxy) is 3. The molecule has 0 radical (unpaired) electrons. The van der Waals surface area contributed by atoms with Crippen LogP contribution >= 0.6 is 34.2 Å². The normalized spacial score (nSPS) is 10.2. The van der Waals surface area contributed by atoms with Gasteiger partial charge in [0.15, 0.2) is 11.5 Å². The number of nitrogens with one attached hydrogen (secondary N) is 1. The van der Waals surface area contributed by atoms with E-state index in [-0.39, 0.29) is 5.91 Å². The van der Waals surface area contributed by atoms with Crippen LogP contribution in [0.1, 0.15) is 15.9 Å². The Morgan fingerprint density at radius 3 is 2.21 bits per heavy atom. The number of hydrogen-bond acceptors (Lipinski definition) is 4. The zero-order valence-electron chi connectivity index (χ0n) is 13.5. The van der Waals surface area contributed by atoms with Crippen LogP contribution in [0.25, 0.3) is 0 Å². The van der Waals surface area contributed by atoms with Crippen molar-refractivity contribution >= 4 is 40.1 Å². The molecule has 0 aromatic heterocycles. The number of hydrogen-bond donors (Lipinski definition) is 1. The van der Waals surface area contributed by atoms with Crippen LogP contribution in [0.5, 0.6) is 17.2 Å². The van der Waals surface area contributed by atoms with E-state index < -0.39 is 0 Å². The van der Waals surface area contributed by atoms with Crippen LogP contribution in [-0.4, -0.2) is 27.2 Å². The Morgan fingerprint density at radius 2 is 1.71 bits per heavy atom. The van der Waals surface area contributed by atoms with Gasteiger partial charge in [-0.3, -0.25) is 4.79 Å². The van der Waals surface area contributed by atoms with E-state index in [1.165, 1.54) is 0 Å². The smallest absolute Gasteiger partial charge is 0.251 e. The summed E-state index contributed by atoms with van der Waals surface area (Å²) in [6, 6.07) is 8.74. The fourth-order valence-electron chi connectivity index (χ4n) is 2.16. The maximum atomic E-state index is 12.3. The Morgan fingerprint density at radius 1 is 1.08 bits per heavy atom. The van der Waals surface area contributed by atoms with Gasteiger partial charge in [-0.15, -0.1) is 0 Å². The summed E-state index contributed by atoms with van der Waals surface area (Å²) in [5.74, 6) is 1.42. The van der Waals surface area contributed by atoms with E-state index in [1.54, 1.807) is 51.7 Å². The van der Waals surface area contributed by atoms with Crippen molar-refractivity contribution in [2.24, 2.45) is 0 Å². The molecule has 0 atom stereocenters. The highest BCUT2D eigenvalue weighted by Crippen LogP contribution is 2.38. The average Bonchev–Trinajstić information content (AvgIpc) is 2.60. The molecule has 2 aromatic rings. The van der Waals surface area contributed by atoms with Gasteiger partial charge < -0.3 is 19.5 Å². The maximum absolute atomic E-state index is 12.3. The first-order valence-electron chi connectivity index (χ1n) is 7.02. The molecular formula is C17H17ClINO4. The zero-order chi connectivity index (χ0) is 17.7. The largest absolute Gasteiger partial charge is 0.493 e. The topological polar surface area (TPSA) is 56.8 Å². The van der Waals surface area contributed by atoms with Gasteiger partial charge in [-0.1, -0.05) is 11.6 Å². The minimum absolute atomic E-state index is 0.182. The zero-order valence-corrected chi connectivity index (χ0v) is 16.4. The molecule has 5 nitrogen and oxygen atoms in total. The van der Waals surface area contributed by atoms with Crippen molar-refractivity contribution < 1.29 is 19.0 Å². The van der Waals surface area contributed by atoms with Gasteiger partial charge in [-0.25, -0.2) is 0 Å².